The van der Waals surface area contributed by atoms with Gasteiger partial charge in [-0.1, -0.05) is 12.1 Å². The van der Waals surface area contributed by atoms with Crippen LogP contribution in [0.4, 0.5) is 5.82 Å². The number of ether oxygens (including phenoxy) is 1. The van der Waals surface area contributed by atoms with E-state index in [1.165, 1.54) is 6.92 Å². The molecule has 0 aliphatic heterocycles. The van der Waals surface area contributed by atoms with Crippen molar-refractivity contribution in [1.82, 2.24) is 19.7 Å². The van der Waals surface area contributed by atoms with Crippen LogP contribution in [0.15, 0.2) is 35.1 Å². The summed E-state index contributed by atoms with van der Waals surface area (Å²) in [5.41, 5.74) is 1.64. The zero-order valence-electron chi connectivity index (χ0n) is 15.2. The second-order valence-corrected chi connectivity index (χ2v) is 7.57. The van der Waals surface area contributed by atoms with Gasteiger partial charge in [0.2, 0.25) is 5.91 Å². The van der Waals surface area contributed by atoms with E-state index in [-0.39, 0.29) is 25.0 Å². The van der Waals surface area contributed by atoms with Crippen molar-refractivity contribution in [1.29, 1.82) is 0 Å². The number of fused-ring (bicyclic) bond motifs is 3. The third-order valence-corrected chi connectivity index (χ3v) is 4.38. The van der Waals surface area contributed by atoms with Crippen molar-refractivity contribution >= 4 is 50.3 Å². The third-order valence-electron chi connectivity index (χ3n) is 3.82. The molecule has 0 radical (unpaired) electrons. The zero-order chi connectivity index (χ0) is 19.6. The summed E-state index contributed by atoms with van der Waals surface area (Å²) in [5, 5.41) is 5.87. The number of aromatic nitrogens is 3. The van der Waals surface area contributed by atoms with E-state index in [1.807, 2.05) is 28.7 Å². The Balaban J connectivity index is 1.76. The number of imidazole rings is 1. The molecule has 8 nitrogen and oxygen atoms in total. The van der Waals surface area contributed by atoms with Crippen LogP contribution in [0.1, 0.15) is 20.8 Å². The molecule has 0 aliphatic rings. The van der Waals surface area contributed by atoms with Gasteiger partial charge in [-0.25, -0.2) is 9.97 Å². The molecule has 0 fully saturated rings. The van der Waals surface area contributed by atoms with E-state index < -0.39 is 5.54 Å². The molecule has 9 heteroatoms. The monoisotopic (exact) mass is 433 g/mol. The van der Waals surface area contributed by atoms with Crippen LogP contribution >= 0.6 is 15.9 Å². The SMILES string of the molecule is CC(=O)OCC(C)(C)NC(=O)CNc1nc2ccccc2n2c(Br)cnc12. The predicted molar refractivity (Wildman–Crippen MR) is 106 cm³/mol. The minimum atomic E-state index is -0.674. The van der Waals surface area contributed by atoms with Gasteiger partial charge in [0, 0.05) is 6.92 Å². The Morgan fingerprint density at radius 3 is 2.78 bits per heavy atom. The molecule has 142 valence electrons. The normalized spacial score (nSPS) is 11.6. The fourth-order valence-corrected chi connectivity index (χ4v) is 3.13. The van der Waals surface area contributed by atoms with Crippen molar-refractivity contribution in [2.45, 2.75) is 26.3 Å². The van der Waals surface area contributed by atoms with Crippen molar-refractivity contribution in [2.24, 2.45) is 0 Å². The molecule has 2 N–H and O–H groups in total. The molecule has 27 heavy (non-hydrogen) atoms. The maximum absolute atomic E-state index is 12.3. The molecule has 2 aromatic heterocycles. The summed E-state index contributed by atoms with van der Waals surface area (Å²) in [6, 6.07) is 7.69. The largest absolute Gasteiger partial charge is 0.463 e. The second-order valence-electron chi connectivity index (χ2n) is 6.75. The van der Waals surface area contributed by atoms with Crippen LogP contribution in [0.3, 0.4) is 0 Å². The number of hydrogen-bond donors (Lipinski definition) is 2. The minimum Gasteiger partial charge on any atom is -0.463 e. The molecule has 3 aromatic rings. The van der Waals surface area contributed by atoms with Gasteiger partial charge in [-0.05, 0) is 41.9 Å². The lowest BCUT2D eigenvalue weighted by atomic mass is 10.1. The van der Waals surface area contributed by atoms with E-state index in [0.717, 1.165) is 15.6 Å². The summed E-state index contributed by atoms with van der Waals surface area (Å²) in [6.07, 6.45) is 1.69. The molecule has 0 bridgehead atoms. The molecule has 0 unspecified atom stereocenters. The van der Waals surface area contributed by atoms with Crippen LogP contribution in [0.25, 0.3) is 16.7 Å². The lowest BCUT2D eigenvalue weighted by molar-refractivity contribution is -0.143. The number of benzene rings is 1. The van der Waals surface area contributed by atoms with E-state index in [2.05, 4.69) is 36.5 Å². The van der Waals surface area contributed by atoms with Gasteiger partial charge in [-0.2, -0.15) is 0 Å². The average molecular weight is 434 g/mol. The van der Waals surface area contributed by atoms with Crippen molar-refractivity contribution in [3.05, 3.63) is 35.1 Å². The topological polar surface area (TPSA) is 97.6 Å². The fourth-order valence-electron chi connectivity index (χ4n) is 2.67. The van der Waals surface area contributed by atoms with Gasteiger partial charge < -0.3 is 15.4 Å². The number of amides is 1. The van der Waals surface area contributed by atoms with Crippen LogP contribution in [0.2, 0.25) is 0 Å². The summed E-state index contributed by atoms with van der Waals surface area (Å²) in [4.78, 5) is 32.2. The Bertz CT molecular complexity index is 1010. The van der Waals surface area contributed by atoms with Gasteiger partial charge in [0.05, 0.1) is 29.3 Å². The van der Waals surface area contributed by atoms with Crippen LogP contribution in [-0.2, 0) is 14.3 Å². The first-order chi connectivity index (χ1) is 12.8. The molecular formula is C18H20BrN5O3. The summed E-state index contributed by atoms with van der Waals surface area (Å²) in [5.74, 6) is -0.124. The first kappa shape index (κ1) is 19.1. The number of esters is 1. The highest BCUT2D eigenvalue weighted by molar-refractivity contribution is 9.10. The summed E-state index contributed by atoms with van der Waals surface area (Å²) in [6.45, 7) is 5.01. The quantitative estimate of drug-likeness (QED) is 0.579. The Morgan fingerprint density at radius 1 is 1.30 bits per heavy atom. The van der Waals surface area contributed by atoms with Crippen LogP contribution < -0.4 is 10.6 Å². The number of nitrogens with zero attached hydrogens (tertiary/aromatic N) is 3. The molecule has 0 atom stereocenters. The van der Waals surface area contributed by atoms with E-state index in [4.69, 9.17) is 4.74 Å². The Labute approximate surface area is 164 Å². The molecule has 0 saturated heterocycles. The number of rotatable bonds is 6. The number of hydrogen-bond acceptors (Lipinski definition) is 6. The van der Waals surface area contributed by atoms with Crippen molar-refractivity contribution < 1.29 is 14.3 Å². The number of carbonyl (C=O) groups is 2. The van der Waals surface area contributed by atoms with Gasteiger partial charge in [0.25, 0.3) is 0 Å². The highest BCUT2D eigenvalue weighted by Crippen LogP contribution is 2.25. The molecule has 1 aromatic carbocycles. The third kappa shape index (κ3) is 4.36. The van der Waals surface area contributed by atoms with Crippen molar-refractivity contribution in [2.75, 3.05) is 18.5 Å². The molecule has 3 rings (SSSR count). The van der Waals surface area contributed by atoms with Gasteiger partial charge in [-0.15, -0.1) is 0 Å². The lowest BCUT2D eigenvalue weighted by Crippen LogP contribution is -2.49. The smallest absolute Gasteiger partial charge is 0.302 e. The van der Waals surface area contributed by atoms with Crippen LogP contribution in [-0.4, -0.2) is 44.9 Å². The first-order valence-corrected chi connectivity index (χ1v) is 9.16. The summed E-state index contributed by atoms with van der Waals surface area (Å²) < 4.78 is 7.70. The van der Waals surface area contributed by atoms with Crippen molar-refractivity contribution in [3.8, 4) is 0 Å². The molecule has 0 spiro atoms. The second kappa shape index (κ2) is 7.51. The van der Waals surface area contributed by atoms with Gasteiger partial charge in [0.15, 0.2) is 11.5 Å². The van der Waals surface area contributed by atoms with E-state index in [0.29, 0.717) is 11.5 Å². The highest BCUT2D eigenvalue weighted by Gasteiger charge is 2.22. The summed E-state index contributed by atoms with van der Waals surface area (Å²) in [7, 11) is 0. The number of anilines is 1. The molecule has 0 aliphatic carbocycles. The zero-order valence-corrected chi connectivity index (χ0v) is 16.8. The minimum absolute atomic E-state index is 0.00891. The van der Waals surface area contributed by atoms with Gasteiger partial charge in [0.1, 0.15) is 11.2 Å². The van der Waals surface area contributed by atoms with E-state index >= 15 is 0 Å². The number of para-hydroxylation sites is 2. The van der Waals surface area contributed by atoms with E-state index in [9.17, 15) is 9.59 Å². The number of carbonyl (C=O) groups excluding carboxylic acids is 2. The number of nitrogens with one attached hydrogen (secondary N) is 2. The Kier molecular flexibility index (Phi) is 5.31. The molecule has 0 saturated carbocycles. The Morgan fingerprint density at radius 2 is 2.04 bits per heavy atom. The Hall–Kier alpha value is -2.68. The molecule has 2 heterocycles. The highest BCUT2D eigenvalue weighted by atomic mass is 79.9. The lowest BCUT2D eigenvalue weighted by Gasteiger charge is -2.25. The molecule has 1 amide bonds. The maximum atomic E-state index is 12.3. The summed E-state index contributed by atoms with van der Waals surface area (Å²) >= 11 is 3.50. The van der Waals surface area contributed by atoms with Crippen molar-refractivity contribution in [3.63, 3.8) is 0 Å². The first-order valence-electron chi connectivity index (χ1n) is 8.37. The standard InChI is InChI=1S/C18H20BrN5O3/c1-11(25)27-10-18(2,3)23-15(26)9-20-16-17-21-8-14(19)24(17)13-7-5-4-6-12(13)22-16/h4-8H,9-10H2,1-3H3,(H,20,22)(H,23,26). The maximum Gasteiger partial charge on any atom is 0.302 e. The van der Waals surface area contributed by atoms with Crippen LogP contribution in [0.5, 0.6) is 0 Å². The number of halogens is 1. The average Bonchev–Trinajstić information content (AvgIpc) is 3.00. The predicted octanol–water partition coefficient (Wildman–Crippen LogP) is 2.51. The van der Waals surface area contributed by atoms with E-state index in [1.54, 1.807) is 20.0 Å². The van der Waals surface area contributed by atoms with Crippen LogP contribution in [0, 0.1) is 0 Å². The van der Waals surface area contributed by atoms with Gasteiger partial charge in [-0.3, -0.25) is 14.0 Å². The molecular weight excluding hydrogens is 414 g/mol. The fraction of sp³-hybridized carbons (Fsp3) is 0.333. The van der Waals surface area contributed by atoms with Gasteiger partial charge >= 0.3 is 5.97 Å².